The molecule has 1 unspecified atom stereocenters. The van der Waals surface area contributed by atoms with Gasteiger partial charge in [-0.05, 0) is 26.3 Å². The maximum absolute atomic E-state index is 11.0. The summed E-state index contributed by atoms with van der Waals surface area (Å²) in [6.07, 6.45) is 4.97. The van der Waals surface area contributed by atoms with Crippen LogP contribution in [0.3, 0.4) is 0 Å². The Morgan fingerprint density at radius 1 is 1.67 bits per heavy atom. The molecule has 0 saturated heterocycles. The number of ketones is 1. The van der Waals surface area contributed by atoms with Crippen molar-refractivity contribution in [2.45, 2.75) is 33.2 Å². The van der Waals surface area contributed by atoms with E-state index in [-0.39, 0.29) is 5.78 Å². The highest BCUT2D eigenvalue weighted by Crippen LogP contribution is 2.12. The van der Waals surface area contributed by atoms with Gasteiger partial charge in [-0.15, -0.1) is 0 Å². The van der Waals surface area contributed by atoms with Gasteiger partial charge in [-0.1, -0.05) is 6.92 Å². The third-order valence-corrected chi connectivity index (χ3v) is 2.22. The predicted molar refractivity (Wildman–Crippen MR) is 49.4 cm³/mol. The molecule has 1 aromatic rings. The van der Waals surface area contributed by atoms with Gasteiger partial charge in [0.25, 0.3) is 0 Å². The van der Waals surface area contributed by atoms with Crippen molar-refractivity contribution < 1.29 is 4.79 Å². The first-order valence-corrected chi connectivity index (χ1v) is 4.33. The number of rotatable bonds is 3. The van der Waals surface area contributed by atoms with E-state index in [1.807, 2.05) is 18.5 Å². The Bertz CT molecular complexity index is 275. The molecule has 2 heteroatoms. The highest BCUT2D eigenvalue weighted by molar-refractivity contribution is 5.93. The lowest BCUT2D eigenvalue weighted by Gasteiger charge is -2.09. The van der Waals surface area contributed by atoms with E-state index in [0.717, 1.165) is 12.0 Å². The van der Waals surface area contributed by atoms with E-state index >= 15 is 0 Å². The molecule has 0 aliphatic carbocycles. The third-order valence-electron chi connectivity index (χ3n) is 2.22. The second-order valence-corrected chi connectivity index (χ2v) is 3.16. The molecule has 0 N–H and O–H groups in total. The summed E-state index contributed by atoms with van der Waals surface area (Å²) in [5.41, 5.74) is 0.801. The zero-order chi connectivity index (χ0) is 9.14. The van der Waals surface area contributed by atoms with Crippen molar-refractivity contribution in [3.8, 4) is 0 Å². The van der Waals surface area contributed by atoms with Crippen LogP contribution >= 0.6 is 0 Å². The molecule has 0 aliphatic rings. The summed E-state index contributed by atoms with van der Waals surface area (Å²) in [5.74, 6) is 0.136. The number of aromatic nitrogens is 1. The van der Waals surface area contributed by atoms with Crippen molar-refractivity contribution in [1.29, 1.82) is 0 Å². The minimum atomic E-state index is 0.136. The largest absolute Gasteiger partial charge is 0.351 e. The first-order chi connectivity index (χ1) is 5.65. The van der Waals surface area contributed by atoms with Gasteiger partial charge in [0.1, 0.15) is 0 Å². The van der Waals surface area contributed by atoms with Crippen LogP contribution in [0.5, 0.6) is 0 Å². The van der Waals surface area contributed by atoms with Crippen LogP contribution in [0.15, 0.2) is 18.5 Å². The highest BCUT2D eigenvalue weighted by atomic mass is 16.1. The van der Waals surface area contributed by atoms with Crippen LogP contribution in [0.2, 0.25) is 0 Å². The van der Waals surface area contributed by atoms with Crippen LogP contribution in [-0.2, 0) is 0 Å². The molecule has 0 bridgehead atoms. The summed E-state index contributed by atoms with van der Waals surface area (Å²) in [4.78, 5) is 11.0. The summed E-state index contributed by atoms with van der Waals surface area (Å²) in [7, 11) is 0. The van der Waals surface area contributed by atoms with Crippen LogP contribution in [-0.4, -0.2) is 10.4 Å². The summed E-state index contributed by atoms with van der Waals surface area (Å²) < 4.78 is 2.08. The first kappa shape index (κ1) is 9.04. The molecule has 0 spiro atoms. The second kappa shape index (κ2) is 3.57. The molecule has 0 radical (unpaired) electrons. The van der Waals surface area contributed by atoms with Gasteiger partial charge < -0.3 is 4.57 Å². The average molecular weight is 165 g/mol. The minimum absolute atomic E-state index is 0.136. The number of carbonyl (C=O) groups is 1. The first-order valence-electron chi connectivity index (χ1n) is 4.33. The minimum Gasteiger partial charge on any atom is -0.351 e. The predicted octanol–water partition coefficient (Wildman–Crippen LogP) is 2.66. The highest BCUT2D eigenvalue weighted by Gasteiger charge is 2.04. The van der Waals surface area contributed by atoms with Crippen molar-refractivity contribution in [3.05, 3.63) is 24.0 Å². The Morgan fingerprint density at radius 2 is 2.33 bits per heavy atom. The van der Waals surface area contributed by atoms with Crippen LogP contribution in [0.4, 0.5) is 0 Å². The third kappa shape index (κ3) is 1.76. The summed E-state index contributed by atoms with van der Waals surface area (Å²) in [6.45, 7) is 5.87. The molecule has 12 heavy (non-hydrogen) atoms. The van der Waals surface area contributed by atoms with E-state index in [1.165, 1.54) is 0 Å². The molecular formula is C10H15NO. The normalized spacial score (nSPS) is 12.9. The Kier molecular flexibility index (Phi) is 2.69. The Morgan fingerprint density at radius 3 is 2.75 bits per heavy atom. The van der Waals surface area contributed by atoms with Gasteiger partial charge >= 0.3 is 0 Å². The monoisotopic (exact) mass is 165 g/mol. The maximum Gasteiger partial charge on any atom is 0.161 e. The van der Waals surface area contributed by atoms with Crippen LogP contribution < -0.4 is 0 Å². The summed E-state index contributed by atoms with van der Waals surface area (Å²) in [5, 5.41) is 0. The van der Waals surface area contributed by atoms with E-state index in [4.69, 9.17) is 0 Å². The summed E-state index contributed by atoms with van der Waals surface area (Å²) in [6, 6.07) is 2.35. The molecule has 1 heterocycles. The van der Waals surface area contributed by atoms with Gasteiger partial charge in [0.15, 0.2) is 5.78 Å². The molecule has 0 fully saturated rings. The van der Waals surface area contributed by atoms with E-state index in [1.54, 1.807) is 6.92 Å². The fourth-order valence-electron chi connectivity index (χ4n) is 1.11. The molecule has 0 amide bonds. The van der Waals surface area contributed by atoms with Crippen molar-refractivity contribution >= 4 is 5.78 Å². The molecule has 66 valence electrons. The van der Waals surface area contributed by atoms with E-state index in [9.17, 15) is 4.79 Å². The molecule has 1 rings (SSSR count). The van der Waals surface area contributed by atoms with Crippen molar-refractivity contribution in [2.24, 2.45) is 0 Å². The number of hydrogen-bond donors (Lipinski definition) is 0. The molecule has 0 aromatic carbocycles. The van der Waals surface area contributed by atoms with E-state index in [0.29, 0.717) is 6.04 Å². The molecule has 1 aromatic heterocycles. The van der Waals surface area contributed by atoms with Gasteiger partial charge in [-0.25, -0.2) is 0 Å². The lowest BCUT2D eigenvalue weighted by atomic mass is 10.2. The van der Waals surface area contributed by atoms with Crippen molar-refractivity contribution in [1.82, 2.24) is 4.57 Å². The number of hydrogen-bond acceptors (Lipinski definition) is 1. The van der Waals surface area contributed by atoms with Crippen LogP contribution in [0, 0.1) is 0 Å². The smallest absolute Gasteiger partial charge is 0.161 e. The van der Waals surface area contributed by atoms with Gasteiger partial charge in [0.05, 0.1) is 0 Å². The van der Waals surface area contributed by atoms with Gasteiger partial charge in [0, 0.05) is 24.0 Å². The van der Waals surface area contributed by atoms with Crippen LogP contribution in [0.25, 0.3) is 0 Å². The second-order valence-electron chi connectivity index (χ2n) is 3.16. The zero-order valence-electron chi connectivity index (χ0n) is 7.87. The van der Waals surface area contributed by atoms with Gasteiger partial charge in [-0.2, -0.15) is 0 Å². The fraction of sp³-hybridized carbons (Fsp3) is 0.500. The SMILES string of the molecule is CCC(C)n1ccc(C(C)=O)c1. The topological polar surface area (TPSA) is 22.0 Å². The van der Waals surface area contributed by atoms with E-state index < -0.39 is 0 Å². The molecule has 0 saturated carbocycles. The maximum atomic E-state index is 11.0. The van der Waals surface area contributed by atoms with Gasteiger partial charge in [-0.3, -0.25) is 4.79 Å². The number of Topliss-reactive ketones (excluding diaryl/α,β-unsaturated/α-hetero) is 1. The Balaban J connectivity index is 2.84. The zero-order valence-corrected chi connectivity index (χ0v) is 7.87. The quantitative estimate of drug-likeness (QED) is 0.631. The molecule has 2 nitrogen and oxygen atoms in total. The summed E-state index contributed by atoms with van der Waals surface area (Å²) >= 11 is 0. The molecule has 1 atom stereocenters. The Hall–Kier alpha value is -1.05. The number of carbonyl (C=O) groups excluding carboxylic acids is 1. The van der Waals surface area contributed by atoms with Crippen LogP contribution in [0.1, 0.15) is 43.6 Å². The lowest BCUT2D eigenvalue weighted by molar-refractivity contribution is 0.101. The van der Waals surface area contributed by atoms with Crippen molar-refractivity contribution in [2.75, 3.05) is 0 Å². The standard InChI is InChI=1S/C10H15NO/c1-4-8(2)11-6-5-10(7-11)9(3)12/h5-8H,4H2,1-3H3. The molecular weight excluding hydrogens is 150 g/mol. The fourth-order valence-corrected chi connectivity index (χ4v) is 1.11. The van der Waals surface area contributed by atoms with Gasteiger partial charge in [0.2, 0.25) is 0 Å². The molecule has 0 aliphatic heterocycles. The van der Waals surface area contributed by atoms with E-state index in [2.05, 4.69) is 18.4 Å². The number of nitrogens with zero attached hydrogens (tertiary/aromatic N) is 1. The Labute approximate surface area is 73.2 Å². The average Bonchev–Trinajstić information content (AvgIpc) is 2.51. The lowest BCUT2D eigenvalue weighted by Crippen LogP contribution is -2.00. The van der Waals surface area contributed by atoms with Crippen molar-refractivity contribution in [3.63, 3.8) is 0 Å².